The first-order valence-corrected chi connectivity index (χ1v) is 8.25. The molecule has 0 saturated carbocycles. The van der Waals surface area contributed by atoms with Crippen molar-refractivity contribution in [2.24, 2.45) is 0 Å². The lowest BCUT2D eigenvalue weighted by molar-refractivity contribution is -0.126. The number of pyridine rings is 2. The molecule has 2 N–H and O–H groups in total. The van der Waals surface area contributed by atoms with Crippen molar-refractivity contribution in [2.75, 3.05) is 19.6 Å². The summed E-state index contributed by atoms with van der Waals surface area (Å²) in [5.74, 6) is -0.334. The second-order valence-electron chi connectivity index (χ2n) is 6.04. The zero-order valence-electron chi connectivity index (χ0n) is 14.1. The summed E-state index contributed by atoms with van der Waals surface area (Å²) in [5, 5.41) is 6.08. The summed E-state index contributed by atoms with van der Waals surface area (Å²) in [6, 6.07) is 4.95. The van der Waals surface area contributed by atoms with Crippen molar-refractivity contribution < 1.29 is 9.59 Å². The molecule has 0 unspecified atom stereocenters. The van der Waals surface area contributed by atoms with Gasteiger partial charge in [0.25, 0.3) is 5.91 Å². The molecule has 130 valence electrons. The van der Waals surface area contributed by atoms with Crippen molar-refractivity contribution in [2.45, 2.75) is 19.5 Å². The minimum absolute atomic E-state index is 0.165. The fraction of sp³-hybridized carbons (Fsp3) is 0.333. The van der Waals surface area contributed by atoms with Crippen LogP contribution in [0.15, 0.2) is 43.0 Å². The number of carbonyl (C=O) groups excluding carboxylic acids is 2. The van der Waals surface area contributed by atoms with Gasteiger partial charge in [0.15, 0.2) is 0 Å². The molecule has 0 aliphatic carbocycles. The van der Waals surface area contributed by atoms with Gasteiger partial charge in [0.05, 0.1) is 5.56 Å². The van der Waals surface area contributed by atoms with Crippen LogP contribution in [0.1, 0.15) is 21.5 Å². The molecule has 1 saturated heterocycles. The van der Waals surface area contributed by atoms with Crippen LogP contribution >= 0.6 is 0 Å². The number of aromatic nitrogens is 2. The summed E-state index contributed by atoms with van der Waals surface area (Å²) in [7, 11) is 0. The van der Waals surface area contributed by atoms with Gasteiger partial charge in [0, 0.05) is 51.0 Å². The maximum Gasteiger partial charge on any atom is 0.256 e. The van der Waals surface area contributed by atoms with Gasteiger partial charge in [-0.15, -0.1) is 0 Å². The molecule has 25 heavy (non-hydrogen) atoms. The number of hydrogen-bond acceptors (Lipinski definition) is 5. The van der Waals surface area contributed by atoms with E-state index in [4.69, 9.17) is 0 Å². The monoisotopic (exact) mass is 339 g/mol. The zero-order valence-corrected chi connectivity index (χ0v) is 14.1. The van der Waals surface area contributed by atoms with Crippen molar-refractivity contribution in [1.29, 1.82) is 0 Å². The fourth-order valence-electron chi connectivity index (χ4n) is 2.83. The van der Waals surface area contributed by atoms with Crippen LogP contribution in [0.25, 0.3) is 0 Å². The molecule has 0 bridgehead atoms. The molecule has 1 atom stereocenters. The highest BCUT2D eigenvalue weighted by atomic mass is 16.2. The highest BCUT2D eigenvalue weighted by Gasteiger charge is 2.32. The highest BCUT2D eigenvalue weighted by molar-refractivity contribution is 5.97. The average molecular weight is 339 g/mol. The molecular weight excluding hydrogens is 318 g/mol. The van der Waals surface area contributed by atoms with Crippen LogP contribution in [0.3, 0.4) is 0 Å². The van der Waals surface area contributed by atoms with E-state index < -0.39 is 6.04 Å². The Morgan fingerprint density at radius 2 is 2.08 bits per heavy atom. The maximum atomic E-state index is 12.8. The molecule has 0 spiro atoms. The van der Waals surface area contributed by atoms with E-state index in [9.17, 15) is 9.59 Å². The van der Waals surface area contributed by atoms with Gasteiger partial charge in [0.2, 0.25) is 5.91 Å². The third-order valence-corrected chi connectivity index (χ3v) is 4.14. The molecule has 3 heterocycles. The SMILES string of the molecule is Cc1cncc(C(=O)N2CCNC[C@@H]2C(=O)NCc2ccncc2)c1. The van der Waals surface area contributed by atoms with Crippen LogP contribution in [0.4, 0.5) is 0 Å². The summed E-state index contributed by atoms with van der Waals surface area (Å²) >= 11 is 0. The van der Waals surface area contributed by atoms with Crippen molar-refractivity contribution in [1.82, 2.24) is 25.5 Å². The topological polar surface area (TPSA) is 87.2 Å². The molecular formula is C18H21N5O2. The molecule has 7 nitrogen and oxygen atoms in total. The number of rotatable bonds is 4. The summed E-state index contributed by atoms with van der Waals surface area (Å²) in [6.07, 6.45) is 6.62. The van der Waals surface area contributed by atoms with Gasteiger partial charge < -0.3 is 15.5 Å². The largest absolute Gasteiger partial charge is 0.350 e. The molecule has 1 fully saturated rings. The molecule has 2 aromatic heterocycles. The Balaban J connectivity index is 1.69. The maximum absolute atomic E-state index is 12.8. The van der Waals surface area contributed by atoms with Gasteiger partial charge in [-0.25, -0.2) is 0 Å². The minimum Gasteiger partial charge on any atom is -0.350 e. The number of amides is 2. The Kier molecular flexibility index (Phi) is 5.35. The van der Waals surface area contributed by atoms with Crippen LogP contribution in [0, 0.1) is 6.92 Å². The Bertz CT molecular complexity index is 750. The van der Waals surface area contributed by atoms with E-state index >= 15 is 0 Å². The molecule has 2 amide bonds. The molecule has 2 aromatic rings. The van der Waals surface area contributed by atoms with E-state index in [1.165, 1.54) is 0 Å². The molecule has 0 radical (unpaired) electrons. The van der Waals surface area contributed by atoms with E-state index in [0.717, 1.165) is 11.1 Å². The molecule has 1 aliphatic rings. The van der Waals surface area contributed by atoms with Gasteiger partial charge in [-0.2, -0.15) is 0 Å². The fourth-order valence-corrected chi connectivity index (χ4v) is 2.83. The van der Waals surface area contributed by atoms with Crippen molar-refractivity contribution >= 4 is 11.8 Å². The predicted molar refractivity (Wildman–Crippen MR) is 92.8 cm³/mol. The Hall–Kier alpha value is -2.80. The number of nitrogens with one attached hydrogen (secondary N) is 2. The minimum atomic E-state index is -0.538. The van der Waals surface area contributed by atoms with Crippen LogP contribution in [-0.2, 0) is 11.3 Å². The van der Waals surface area contributed by atoms with Gasteiger partial charge in [0.1, 0.15) is 6.04 Å². The molecule has 0 aromatic carbocycles. The lowest BCUT2D eigenvalue weighted by atomic mass is 10.1. The van der Waals surface area contributed by atoms with Crippen LogP contribution in [0.5, 0.6) is 0 Å². The normalized spacial score (nSPS) is 17.2. The van der Waals surface area contributed by atoms with Crippen molar-refractivity contribution in [3.63, 3.8) is 0 Å². The Morgan fingerprint density at radius 3 is 2.84 bits per heavy atom. The summed E-state index contributed by atoms with van der Waals surface area (Å²) in [4.78, 5) is 35.1. The van der Waals surface area contributed by atoms with E-state index in [1.807, 2.05) is 19.1 Å². The van der Waals surface area contributed by atoms with Crippen molar-refractivity contribution in [3.8, 4) is 0 Å². The highest BCUT2D eigenvalue weighted by Crippen LogP contribution is 2.12. The lowest BCUT2D eigenvalue weighted by Crippen LogP contribution is -2.59. The lowest BCUT2D eigenvalue weighted by Gasteiger charge is -2.35. The standard InChI is InChI=1S/C18H21N5O2/c1-13-8-15(11-21-9-13)18(25)23-7-6-20-12-16(23)17(24)22-10-14-2-4-19-5-3-14/h2-5,8-9,11,16,20H,6-7,10,12H2,1H3,(H,22,24)/t16-/m1/s1. The van der Waals surface area contributed by atoms with Crippen LogP contribution in [-0.4, -0.2) is 52.4 Å². The number of carbonyl (C=O) groups is 2. The van der Waals surface area contributed by atoms with Gasteiger partial charge in [-0.1, -0.05) is 0 Å². The molecule has 3 rings (SSSR count). The van der Waals surface area contributed by atoms with Gasteiger partial charge in [-0.05, 0) is 36.2 Å². The number of nitrogens with zero attached hydrogens (tertiary/aromatic N) is 3. The van der Waals surface area contributed by atoms with Crippen LogP contribution in [0.2, 0.25) is 0 Å². The molecule has 1 aliphatic heterocycles. The first-order chi connectivity index (χ1) is 12.1. The second kappa shape index (κ2) is 7.85. The first kappa shape index (κ1) is 17.0. The third kappa shape index (κ3) is 4.19. The molecule has 7 heteroatoms. The predicted octanol–water partition coefficient (Wildman–Crippen LogP) is 0.515. The number of aryl methyl sites for hydroxylation is 1. The second-order valence-corrected chi connectivity index (χ2v) is 6.04. The summed E-state index contributed by atoms with van der Waals surface area (Å²) in [6.45, 7) is 3.89. The van der Waals surface area contributed by atoms with Gasteiger partial charge >= 0.3 is 0 Å². The van der Waals surface area contributed by atoms with E-state index in [2.05, 4.69) is 20.6 Å². The van der Waals surface area contributed by atoms with E-state index in [-0.39, 0.29) is 11.8 Å². The Labute approximate surface area is 146 Å². The number of piperazine rings is 1. The number of hydrogen-bond donors (Lipinski definition) is 2. The van der Waals surface area contributed by atoms with Gasteiger partial charge in [-0.3, -0.25) is 19.6 Å². The average Bonchev–Trinajstić information content (AvgIpc) is 2.66. The zero-order chi connectivity index (χ0) is 17.6. The van der Waals surface area contributed by atoms with Crippen molar-refractivity contribution in [3.05, 3.63) is 59.7 Å². The summed E-state index contributed by atoms with van der Waals surface area (Å²) < 4.78 is 0. The quantitative estimate of drug-likeness (QED) is 0.848. The first-order valence-electron chi connectivity index (χ1n) is 8.25. The van der Waals surface area contributed by atoms with E-state index in [0.29, 0.717) is 31.7 Å². The van der Waals surface area contributed by atoms with E-state index in [1.54, 1.807) is 35.8 Å². The third-order valence-electron chi connectivity index (χ3n) is 4.14. The van der Waals surface area contributed by atoms with Crippen LogP contribution < -0.4 is 10.6 Å². The smallest absolute Gasteiger partial charge is 0.256 e. The summed E-state index contributed by atoms with van der Waals surface area (Å²) in [5.41, 5.74) is 2.39. The Morgan fingerprint density at radius 1 is 1.28 bits per heavy atom.